The number of amides is 1. The molecule has 1 N–H and O–H groups in total. The number of carbonyl (C=O) groups is 1. The van der Waals surface area contributed by atoms with E-state index >= 15 is 0 Å². The third kappa shape index (κ3) is 3.51. The molecule has 0 radical (unpaired) electrons. The van der Waals surface area contributed by atoms with Crippen molar-refractivity contribution in [2.24, 2.45) is 0 Å². The van der Waals surface area contributed by atoms with Gasteiger partial charge in [-0.3, -0.25) is 9.69 Å². The molecule has 3 rings (SSSR count). The molecule has 5 nitrogen and oxygen atoms in total. The maximum absolute atomic E-state index is 12.4. The Morgan fingerprint density at radius 3 is 2.58 bits per heavy atom. The third-order valence-corrected chi connectivity index (χ3v) is 4.32. The van der Waals surface area contributed by atoms with Crippen molar-refractivity contribution in [2.75, 3.05) is 27.4 Å². The molecule has 1 aliphatic heterocycles. The maximum Gasteiger partial charge on any atom is 0.252 e. The van der Waals surface area contributed by atoms with Crippen molar-refractivity contribution in [3.63, 3.8) is 0 Å². The summed E-state index contributed by atoms with van der Waals surface area (Å²) in [6, 6.07) is 13.6. The molecule has 5 heteroatoms. The molecular formula is C19H22N2O3. The quantitative estimate of drug-likeness (QED) is 0.917. The minimum absolute atomic E-state index is 0.116. The normalized spacial score (nSPS) is 13.9. The summed E-state index contributed by atoms with van der Waals surface area (Å²) >= 11 is 0. The molecule has 0 atom stereocenters. The summed E-state index contributed by atoms with van der Waals surface area (Å²) in [5, 5.41) is 2.98. The fourth-order valence-corrected chi connectivity index (χ4v) is 2.95. The van der Waals surface area contributed by atoms with E-state index in [-0.39, 0.29) is 5.91 Å². The largest absolute Gasteiger partial charge is 0.493 e. The van der Waals surface area contributed by atoms with E-state index in [4.69, 9.17) is 9.47 Å². The van der Waals surface area contributed by atoms with Gasteiger partial charge in [-0.1, -0.05) is 24.3 Å². The van der Waals surface area contributed by atoms with E-state index in [2.05, 4.69) is 34.5 Å². The fraction of sp³-hybridized carbons (Fsp3) is 0.316. The number of benzene rings is 2. The summed E-state index contributed by atoms with van der Waals surface area (Å²) in [5.74, 6) is 1.05. The fourth-order valence-electron chi connectivity index (χ4n) is 2.95. The van der Waals surface area contributed by atoms with Crippen LogP contribution in [0.4, 0.5) is 0 Å². The number of carbonyl (C=O) groups excluding carboxylic acids is 1. The Labute approximate surface area is 142 Å². The summed E-state index contributed by atoms with van der Waals surface area (Å²) in [6.07, 6.45) is 1.02. The lowest BCUT2D eigenvalue weighted by Crippen LogP contribution is -2.40. The highest BCUT2D eigenvalue weighted by Gasteiger charge is 2.17. The van der Waals surface area contributed by atoms with Crippen molar-refractivity contribution in [1.82, 2.24) is 10.2 Å². The second-order valence-electron chi connectivity index (χ2n) is 5.81. The molecule has 126 valence electrons. The zero-order valence-corrected chi connectivity index (χ0v) is 14.0. The average molecular weight is 326 g/mol. The Balaban J connectivity index is 1.60. The standard InChI is InChI=1S/C19H22N2O3/c1-23-17-8-7-15(11-18(17)24-2)19(22)20-13-21-10-9-14-5-3-4-6-16(14)12-21/h3-8,11H,9-10,12-13H2,1-2H3,(H,20,22). The summed E-state index contributed by atoms with van der Waals surface area (Å²) < 4.78 is 10.4. The first-order valence-corrected chi connectivity index (χ1v) is 8.00. The van der Waals surface area contributed by atoms with Gasteiger partial charge >= 0.3 is 0 Å². The molecule has 2 aromatic carbocycles. The molecule has 1 amide bonds. The first-order chi connectivity index (χ1) is 11.7. The molecule has 24 heavy (non-hydrogen) atoms. The van der Waals surface area contributed by atoms with Crippen LogP contribution in [0.25, 0.3) is 0 Å². The van der Waals surface area contributed by atoms with E-state index in [1.807, 2.05) is 0 Å². The van der Waals surface area contributed by atoms with E-state index in [0.717, 1.165) is 19.5 Å². The van der Waals surface area contributed by atoms with Gasteiger partial charge in [0.15, 0.2) is 11.5 Å². The van der Waals surface area contributed by atoms with Crippen molar-refractivity contribution < 1.29 is 14.3 Å². The molecular weight excluding hydrogens is 304 g/mol. The first kappa shape index (κ1) is 16.3. The minimum Gasteiger partial charge on any atom is -0.493 e. The van der Waals surface area contributed by atoms with Gasteiger partial charge in [0.05, 0.1) is 20.9 Å². The van der Waals surface area contributed by atoms with Gasteiger partial charge < -0.3 is 14.8 Å². The van der Waals surface area contributed by atoms with Crippen LogP contribution in [0, 0.1) is 0 Å². The van der Waals surface area contributed by atoms with Crippen molar-refractivity contribution in [1.29, 1.82) is 0 Å². The number of rotatable bonds is 5. The SMILES string of the molecule is COc1ccc(C(=O)NCN2CCc3ccccc3C2)cc1OC. The molecule has 0 bridgehead atoms. The minimum atomic E-state index is -0.116. The van der Waals surface area contributed by atoms with Gasteiger partial charge in [-0.2, -0.15) is 0 Å². The summed E-state index contributed by atoms with van der Waals surface area (Å²) in [5.41, 5.74) is 3.30. The average Bonchev–Trinajstić information content (AvgIpc) is 2.65. The molecule has 0 saturated carbocycles. The van der Waals surface area contributed by atoms with Gasteiger partial charge in [0.2, 0.25) is 0 Å². The second kappa shape index (κ2) is 7.36. The predicted octanol–water partition coefficient (Wildman–Crippen LogP) is 2.45. The summed E-state index contributed by atoms with van der Waals surface area (Å²) in [4.78, 5) is 14.6. The van der Waals surface area contributed by atoms with Crippen LogP contribution in [0.1, 0.15) is 21.5 Å². The zero-order valence-electron chi connectivity index (χ0n) is 14.0. The predicted molar refractivity (Wildman–Crippen MR) is 92.4 cm³/mol. The third-order valence-electron chi connectivity index (χ3n) is 4.32. The lowest BCUT2D eigenvalue weighted by Gasteiger charge is -2.28. The summed E-state index contributed by atoms with van der Waals surface area (Å²) in [6.45, 7) is 2.34. The van der Waals surface area contributed by atoms with Crippen LogP contribution < -0.4 is 14.8 Å². The molecule has 0 saturated heterocycles. The highest BCUT2D eigenvalue weighted by atomic mass is 16.5. The maximum atomic E-state index is 12.4. The molecule has 1 heterocycles. The van der Waals surface area contributed by atoms with Gasteiger partial charge in [-0.15, -0.1) is 0 Å². The molecule has 1 aliphatic rings. The molecule has 2 aromatic rings. The van der Waals surface area contributed by atoms with Gasteiger partial charge in [0.1, 0.15) is 0 Å². The number of fused-ring (bicyclic) bond motifs is 1. The van der Waals surface area contributed by atoms with Crippen LogP contribution in [-0.2, 0) is 13.0 Å². The van der Waals surface area contributed by atoms with E-state index in [0.29, 0.717) is 23.7 Å². The Hall–Kier alpha value is -2.53. The van der Waals surface area contributed by atoms with Crippen molar-refractivity contribution in [2.45, 2.75) is 13.0 Å². The van der Waals surface area contributed by atoms with Crippen molar-refractivity contribution >= 4 is 5.91 Å². The Kier molecular flexibility index (Phi) is 5.01. The van der Waals surface area contributed by atoms with E-state index < -0.39 is 0 Å². The number of nitrogens with one attached hydrogen (secondary N) is 1. The smallest absolute Gasteiger partial charge is 0.252 e. The van der Waals surface area contributed by atoms with Crippen LogP contribution in [-0.4, -0.2) is 38.2 Å². The lowest BCUT2D eigenvalue weighted by molar-refractivity contribution is 0.0917. The van der Waals surface area contributed by atoms with Gasteiger partial charge in [-0.25, -0.2) is 0 Å². The molecule has 0 spiro atoms. The topological polar surface area (TPSA) is 50.8 Å². The van der Waals surface area contributed by atoms with Crippen molar-refractivity contribution in [3.8, 4) is 11.5 Å². The molecule has 0 aromatic heterocycles. The highest BCUT2D eigenvalue weighted by molar-refractivity contribution is 5.94. The molecule has 0 aliphatic carbocycles. The number of ether oxygens (including phenoxy) is 2. The van der Waals surface area contributed by atoms with Gasteiger partial charge in [0.25, 0.3) is 5.91 Å². The van der Waals surface area contributed by atoms with E-state index in [1.54, 1.807) is 32.4 Å². The number of methoxy groups -OCH3 is 2. The second-order valence-corrected chi connectivity index (χ2v) is 5.81. The van der Waals surface area contributed by atoms with Gasteiger partial charge in [0, 0.05) is 18.7 Å². The van der Waals surface area contributed by atoms with Crippen LogP contribution in [0.5, 0.6) is 11.5 Å². The van der Waals surface area contributed by atoms with Crippen LogP contribution >= 0.6 is 0 Å². The van der Waals surface area contributed by atoms with Crippen molar-refractivity contribution in [3.05, 3.63) is 59.2 Å². The lowest BCUT2D eigenvalue weighted by atomic mass is 10.0. The Bertz CT molecular complexity index is 730. The zero-order chi connectivity index (χ0) is 16.9. The van der Waals surface area contributed by atoms with E-state index in [9.17, 15) is 4.79 Å². The van der Waals surface area contributed by atoms with Crippen LogP contribution in [0.15, 0.2) is 42.5 Å². The number of hydrogen-bond acceptors (Lipinski definition) is 4. The Morgan fingerprint density at radius 2 is 1.83 bits per heavy atom. The summed E-state index contributed by atoms with van der Waals surface area (Å²) in [7, 11) is 3.14. The monoisotopic (exact) mass is 326 g/mol. The van der Waals surface area contributed by atoms with Crippen LogP contribution in [0.2, 0.25) is 0 Å². The Morgan fingerprint density at radius 1 is 1.08 bits per heavy atom. The first-order valence-electron chi connectivity index (χ1n) is 8.00. The van der Waals surface area contributed by atoms with E-state index in [1.165, 1.54) is 11.1 Å². The van der Waals surface area contributed by atoms with Gasteiger partial charge in [-0.05, 0) is 35.7 Å². The molecule has 0 unspecified atom stereocenters. The number of hydrogen-bond donors (Lipinski definition) is 1. The molecule has 0 fully saturated rings. The number of nitrogens with zero attached hydrogens (tertiary/aromatic N) is 1. The van der Waals surface area contributed by atoms with Crippen LogP contribution in [0.3, 0.4) is 0 Å². The highest BCUT2D eigenvalue weighted by Crippen LogP contribution is 2.27.